The number of aryl methyl sites for hydroxylation is 1. The number of pyridine rings is 1. The second-order valence-corrected chi connectivity index (χ2v) is 4.82. The van der Waals surface area contributed by atoms with E-state index in [1.165, 1.54) is 4.57 Å². The van der Waals surface area contributed by atoms with Crippen molar-refractivity contribution in [1.29, 1.82) is 0 Å². The number of fused-ring (bicyclic) bond motifs is 4. The van der Waals surface area contributed by atoms with Gasteiger partial charge in [-0.15, -0.1) is 0 Å². The molecular weight excluding hydrogens is 240 g/mol. The van der Waals surface area contributed by atoms with Crippen LogP contribution in [0, 0.1) is 6.92 Å². The minimum absolute atomic E-state index is 0.0884. The van der Waals surface area contributed by atoms with Gasteiger partial charge in [-0.25, -0.2) is 0 Å². The summed E-state index contributed by atoms with van der Waals surface area (Å²) in [5.41, 5.74) is 3.21. The van der Waals surface area contributed by atoms with Gasteiger partial charge < -0.3 is 4.98 Å². The summed E-state index contributed by atoms with van der Waals surface area (Å²) in [4.78, 5) is 27.9. The third-order valence-electron chi connectivity index (χ3n) is 3.59. The molecule has 0 saturated carbocycles. The fraction of sp³-hybridized carbons (Fsp3) is 0.0667. The van der Waals surface area contributed by atoms with Crippen LogP contribution >= 0.6 is 0 Å². The van der Waals surface area contributed by atoms with E-state index in [9.17, 15) is 9.59 Å². The van der Waals surface area contributed by atoms with Crippen LogP contribution < -0.4 is 5.43 Å². The van der Waals surface area contributed by atoms with Crippen molar-refractivity contribution in [2.24, 2.45) is 0 Å². The summed E-state index contributed by atoms with van der Waals surface area (Å²) < 4.78 is 1.51. The minimum atomic E-state index is -0.171. The first-order chi connectivity index (χ1) is 9.16. The highest BCUT2D eigenvalue weighted by Gasteiger charge is 2.29. The van der Waals surface area contributed by atoms with Crippen molar-refractivity contribution in [3.63, 3.8) is 0 Å². The Morgan fingerprint density at radius 1 is 1.16 bits per heavy atom. The fourth-order valence-electron chi connectivity index (χ4n) is 2.69. The Kier molecular flexibility index (Phi) is 1.75. The van der Waals surface area contributed by atoms with Gasteiger partial charge in [0.05, 0.1) is 16.8 Å². The summed E-state index contributed by atoms with van der Waals surface area (Å²) >= 11 is 0. The molecule has 0 amide bonds. The van der Waals surface area contributed by atoms with Gasteiger partial charge in [-0.1, -0.05) is 6.07 Å². The minimum Gasteiger partial charge on any atom is -0.350 e. The van der Waals surface area contributed by atoms with E-state index in [0.29, 0.717) is 27.9 Å². The van der Waals surface area contributed by atoms with Crippen LogP contribution in [0.25, 0.3) is 22.2 Å². The van der Waals surface area contributed by atoms with E-state index in [0.717, 1.165) is 5.56 Å². The third kappa shape index (κ3) is 1.18. The van der Waals surface area contributed by atoms with Gasteiger partial charge in [0.25, 0.3) is 5.91 Å². The van der Waals surface area contributed by atoms with E-state index in [-0.39, 0.29) is 11.3 Å². The summed E-state index contributed by atoms with van der Waals surface area (Å²) in [6.07, 6.45) is 1.68. The average molecular weight is 250 g/mol. The van der Waals surface area contributed by atoms with Crippen molar-refractivity contribution >= 4 is 16.8 Å². The van der Waals surface area contributed by atoms with Gasteiger partial charge in [0.15, 0.2) is 5.43 Å². The molecule has 3 aromatic rings. The Hall–Kier alpha value is -2.62. The van der Waals surface area contributed by atoms with E-state index in [4.69, 9.17) is 0 Å². The molecule has 0 fully saturated rings. The molecule has 1 aromatic carbocycles. The monoisotopic (exact) mass is 250 g/mol. The molecule has 0 radical (unpaired) electrons. The smallest absolute Gasteiger partial charge is 0.279 e. The molecule has 0 bridgehead atoms. The number of aromatic amines is 1. The highest BCUT2D eigenvalue weighted by Crippen LogP contribution is 2.29. The summed E-state index contributed by atoms with van der Waals surface area (Å²) in [6, 6.07) is 9.16. The molecule has 1 N–H and O–H groups in total. The zero-order valence-corrected chi connectivity index (χ0v) is 10.2. The maximum Gasteiger partial charge on any atom is 0.279 e. The lowest BCUT2D eigenvalue weighted by Gasteiger charge is -2.03. The molecule has 19 heavy (non-hydrogen) atoms. The first-order valence-electron chi connectivity index (χ1n) is 6.06. The predicted molar refractivity (Wildman–Crippen MR) is 72.5 cm³/mol. The van der Waals surface area contributed by atoms with Crippen molar-refractivity contribution in [2.75, 3.05) is 0 Å². The van der Waals surface area contributed by atoms with Crippen LogP contribution in [-0.4, -0.2) is 15.5 Å². The average Bonchev–Trinajstić information content (AvgIpc) is 2.94. The zero-order chi connectivity index (χ0) is 13.1. The lowest BCUT2D eigenvalue weighted by molar-refractivity contribution is 0.0965. The number of nitrogens with zero attached hydrogens (tertiary/aromatic N) is 1. The molecule has 0 saturated heterocycles. The van der Waals surface area contributed by atoms with Crippen LogP contribution in [0.5, 0.6) is 0 Å². The summed E-state index contributed by atoms with van der Waals surface area (Å²) in [6.45, 7) is 1.95. The predicted octanol–water partition coefficient (Wildman–Crippen LogP) is 2.31. The van der Waals surface area contributed by atoms with Crippen LogP contribution in [0.1, 0.15) is 16.1 Å². The molecule has 1 aliphatic rings. The highest BCUT2D eigenvalue weighted by atomic mass is 16.2. The van der Waals surface area contributed by atoms with E-state index in [1.54, 1.807) is 24.4 Å². The standard InChI is InChI=1S/C15H10N2O2/c1-8-4-5-9-10(7-8)16-13-12(14(9)18)11-3-2-6-17(11)15(13)19/h2-7H,1H3,(H,16,18). The van der Waals surface area contributed by atoms with Crippen molar-refractivity contribution in [2.45, 2.75) is 6.92 Å². The molecule has 2 aromatic heterocycles. The maximum atomic E-state index is 12.6. The molecule has 3 heterocycles. The molecule has 0 atom stereocenters. The van der Waals surface area contributed by atoms with Crippen molar-refractivity contribution < 1.29 is 4.79 Å². The molecule has 4 nitrogen and oxygen atoms in total. The van der Waals surface area contributed by atoms with Gasteiger partial charge in [0, 0.05) is 11.6 Å². The Balaban J connectivity index is 2.22. The topological polar surface area (TPSA) is 54.9 Å². The Labute approximate surface area is 108 Å². The van der Waals surface area contributed by atoms with E-state index < -0.39 is 0 Å². The van der Waals surface area contributed by atoms with Crippen molar-refractivity contribution in [3.05, 3.63) is 58.0 Å². The van der Waals surface area contributed by atoms with E-state index in [1.807, 2.05) is 19.1 Å². The van der Waals surface area contributed by atoms with Crippen molar-refractivity contribution in [1.82, 2.24) is 9.55 Å². The summed E-state index contributed by atoms with van der Waals surface area (Å²) in [7, 11) is 0. The maximum absolute atomic E-state index is 12.6. The summed E-state index contributed by atoms with van der Waals surface area (Å²) in [5.74, 6) is -0.171. The molecule has 92 valence electrons. The number of rotatable bonds is 0. The third-order valence-corrected chi connectivity index (χ3v) is 3.59. The zero-order valence-electron chi connectivity index (χ0n) is 10.2. The Bertz CT molecular complexity index is 916. The molecule has 1 aliphatic heterocycles. The first kappa shape index (κ1) is 10.3. The molecule has 0 aliphatic carbocycles. The molecule has 0 spiro atoms. The molecule has 0 unspecified atom stereocenters. The number of aromatic nitrogens is 2. The molecular formula is C15H10N2O2. The Morgan fingerprint density at radius 2 is 2.00 bits per heavy atom. The van der Waals surface area contributed by atoms with Gasteiger partial charge in [-0.3, -0.25) is 14.2 Å². The number of hydrogen-bond acceptors (Lipinski definition) is 2. The second kappa shape index (κ2) is 3.23. The second-order valence-electron chi connectivity index (χ2n) is 4.82. The van der Waals surface area contributed by atoms with Gasteiger partial charge in [-0.2, -0.15) is 0 Å². The van der Waals surface area contributed by atoms with E-state index in [2.05, 4.69) is 4.98 Å². The molecule has 4 rings (SSSR count). The van der Waals surface area contributed by atoms with Crippen LogP contribution in [-0.2, 0) is 0 Å². The number of benzene rings is 1. The van der Waals surface area contributed by atoms with Gasteiger partial charge >= 0.3 is 0 Å². The van der Waals surface area contributed by atoms with Crippen molar-refractivity contribution in [3.8, 4) is 11.3 Å². The van der Waals surface area contributed by atoms with Crippen LogP contribution in [0.3, 0.4) is 0 Å². The number of carbonyl (C=O) groups is 1. The molecule has 4 heteroatoms. The Morgan fingerprint density at radius 3 is 2.84 bits per heavy atom. The van der Waals surface area contributed by atoms with Crippen LogP contribution in [0.15, 0.2) is 41.3 Å². The van der Waals surface area contributed by atoms with Gasteiger partial charge in [-0.05, 0) is 36.8 Å². The van der Waals surface area contributed by atoms with Crippen LogP contribution in [0.2, 0.25) is 0 Å². The van der Waals surface area contributed by atoms with Gasteiger partial charge in [0.2, 0.25) is 0 Å². The highest BCUT2D eigenvalue weighted by molar-refractivity contribution is 6.09. The summed E-state index contributed by atoms with van der Waals surface area (Å²) in [5, 5.41) is 0.617. The number of hydrogen-bond donors (Lipinski definition) is 1. The lowest BCUT2D eigenvalue weighted by Crippen LogP contribution is -2.11. The number of carbonyl (C=O) groups excluding carboxylic acids is 1. The fourth-order valence-corrected chi connectivity index (χ4v) is 2.69. The van der Waals surface area contributed by atoms with Crippen LogP contribution in [0.4, 0.5) is 0 Å². The quantitative estimate of drug-likeness (QED) is 0.520. The van der Waals surface area contributed by atoms with Gasteiger partial charge in [0.1, 0.15) is 5.69 Å². The SMILES string of the molecule is Cc1ccc2c(=O)c3c([nH]c2c1)C(=O)n1cccc1-3. The lowest BCUT2D eigenvalue weighted by atomic mass is 10.1. The normalized spacial score (nSPS) is 12.8. The van der Waals surface area contributed by atoms with E-state index >= 15 is 0 Å². The number of H-pyrrole nitrogens is 1. The largest absolute Gasteiger partial charge is 0.350 e. The number of nitrogens with one attached hydrogen (secondary N) is 1. The first-order valence-corrected chi connectivity index (χ1v) is 6.06.